The summed E-state index contributed by atoms with van der Waals surface area (Å²) in [7, 11) is 0. The molecule has 1 amide bonds. The predicted octanol–water partition coefficient (Wildman–Crippen LogP) is 2.14. The fourth-order valence-electron chi connectivity index (χ4n) is 2.62. The van der Waals surface area contributed by atoms with Crippen LogP contribution in [0.4, 0.5) is 11.5 Å². The van der Waals surface area contributed by atoms with Gasteiger partial charge in [0.1, 0.15) is 11.5 Å². The maximum absolute atomic E-state index is 11.1. The van der Waals surface area contributed by atoms with Crippen LogP contribution in [0, 0.1) is 5.92 Å². The maximum atomic E-state index is 11.1. The number of carbonyl (C=O) groups is 1. The smallest absolute Gasteiger partial charge is 0.267 e. The molecule has 0 saturated heterocycles. The van der Waals surface area contributed by atoms with Crippen LogP contribution < -0.4 is 16.8 Å². The van der Waals surface area contributed by atoms with Gasteiger partial charge in [0.15, 0.2) is 0 Å². The first-order chi connectivity index (χ1) is 9.16. The van der Waals surface area contributed by atoms with E-state index in [0.29, 0.717) is 11.5 Å². The van der Waals surface area contributed by atoms with Gasteiger partial charge in [-0.3, -0.25) is 4.79 Å². The summed E-state index contributed by atoms with van der Waals surface area (Å²) in [6.07, 6.45) is 7.85. The monoisotopic (exact) mass is 262 g/mol. The molecule has 1 saturated carbocycles. The molecule has 0 bridgehead atoms. The van der Waals surface area contributed by atoms with Gasteiger partial charge in [0.05, 0.1) is 5.69 Å². The normalized spacial score (nSPS) is 16.2. The average Bonchev–Trinajstić information content (AvgIpc) is 2.42. The summed E-state index contributed by atoms with van der Waals surface area (Å²) in [6, 6.07) is 3.21. The zero-order valence-corrected chi connectivity index (χ0v) is 11.2. The third-order valence-electron chi connectivity index (χ3n) is 3.75. The first-order valence-electron chi connectivity index (χ1n) is 6.97. The van der Waals surface area contributed by atoms with Gasteiger partial charge < -0.3 is 16.8 Å². The van der Waals surface area contributed by atoms with E-state index in [1.807, 2.05) is 0 Å². The third-order valence-corrected chi connectivity index (χ3v) is 3.75. The Kier molecular flexibility index (Phi) is 4.60. The number of rotatable bonds is 5. The Morgan fingerprint density at radius 1 is 1.32 bits per heavy atom. The number of aromatic nitrogens is 1. The quantitative estimate of drug-likeness (QED) is 0.757. The number of hydrogen-bond donors (Lipinski definition) is 3. The Hall–Kier alpha value is -1.78. The van der Waals surface area contributed by atoms with Crippen LogP contribution in [0.3, 0.4) is 0 Å². The zero-order valence-electron chi connectivity index (χ0n) is 11.2. The van der Waals surface area contributed by atoms with E-state index in [4.69, 9.17) is 11.5 Å². The van der Waals surface area contributed by atoms with E-state index >= 15 is 0 Å². The Labute approximate surface area is 113 Å². The predicted molar refractivity (Wildman–Crippen MR) is 76.8 cm³/mol. The lowest BCUT2D eigenvalue weighted by Gasteiger charge is -2.21. The van der Waals surface area contributed by atoms with Crippen LogP contribution in [0.5, 0.6) is 0 Å². The second-order valence-corrected chi connectivity index (χ2v) is 5.22. The first kappa shape index (κ1) is 13.6. The van der Waals surface area contributed by atoms with Crippen molar-refractivity contribution in [2.75, 3.05) is 17.6 Å². The molecule has 0 spiro atoms. The number of carbonyl (C=O) groups excluding carboxylic acids is 1. The van der Waals surface area contributed by atoms with Crippen molar-refractivity contribution in [1.29, 1.82) is 0 Å². The van der Waals surface area contributed by atoms with E-state index in [1.165, 1.54) is 32.1 Å². The first-order valence-corrected chi connectivity index (χ1v) is 6.97. The van der Waals surface area contributed by atoms with Crippen molar-refractivity contribution in [3.63, 3.8) is 0 Å². The van der Waals surface area contributed by atoms with Gasteiger partial charge in [0.25, 0.3) is 5.91 Å². The molecule has 0 aromatic carbocycles. The van der Waals surface area contributed by atoms with Crippen LogP contribution in [0.1, 0.15) is 49.0 Å². The molecule has 0 unspecified atom stereocenters. The van der Waals surface area contributed by atoms with Crippen molar-refractivity contribution in [3.05, 3.63) is 17.8 Å². The molecule has 19 heavy (non-hydrogen) atoms. The van der Waals surface area contributed by atoms with Gasteiger partial charge in [-0.15, -0.1) is 0 Å². The molecule has 0 radical (unpaired) electrons. The summed E-state index contributed by atoms with van der Waals surface area (Å²) in [4.78, 5) is 15.2. The molecule has 1 aromatic heterocycles. The van der Waals surface area contributed by atoms with Gasteiger partial charge in [-0.2, -0.15) is 0 Å². The fourth-order valence-corrected chi connectivity index (χ4v) is 2.62. The molecule has 0 atom stereocenters. The number of primary amides is 1. The summed E-state index contributed by atoms with van der Waals surface area (Å²) in [6.45, 7) is 0.837. The SMILES string of the molecule is NC(=O)c1ccc(N)c(NCCC2CCCCC2)n1. The van der Waals surface area contributed by atoms with Gasteiger partial charge >= 0.3 is 0 Å². The van der Waals surface area contributed by atoms with E-state index in [-0.39, 0.29) is 5.69 Å². The molecule has 0 aliphatic heterocycles. The van der Waals surface area contributed by atoms with E-state index in [1.54, 1.807) is 12.1 Å². The van der Waals surface area contributed by atoms with Gasteiger partial charge in [-0.05, 0) is 24.5 Å². The second-order valence-electron chi connectivity index (χ2n) is 5.22. The average molecular weight is 262 g/mol. The van der Waals surface area contributed by atoms with Crippen molar-refractivity contribution >= 4 is 17.4 Å². The lowest BCUT2D eigenvalue weighted by Crippen LogP contribution is -2.17. The van der Waals surface area contributed by atoms with E-state index < -0.39 is 5.91 Å². The molecule has 5 heteroatoms. The molecular formula is C14H22N4O. The van der Waals surface area contributed by atoms with Crippen molar-refractivity contribution in [3.8, 4) is 0 Å². The Morgan fingerprint density at radius 3 is 2.74 bits per heavy atom. The van der Waals surface area contributed by atoms with E-state index in [9.17, 15) is 4.79 Å². The highest BCUT2D eigenvalue weighted by Gasteiger charge is 2.13. The van der Waals surface area contributed by atoms with Crippen molar-refractivity contribution in [1.82, 2.24) is 4.98 Å². The molecule has 1 aliphatic carbocycles. The second kappa shape index (κ2) is 6.41. The Balaban J connectivity index is 1.87. The summed E-state index contributed by atoms with van der Waals surface area (Å²) >= 11 is 0. The standard InChI is InChI=1S/C14H22N4O/c15-11-6-7-12(13(16)19)18-14(11)17-9-8-10-4-2-1-3-5-10/h6-7,10H,1-5,8-9,15H2,(H2,16,19)(H,17,18). The molecular weight excluding hydrogens is 240 g/mol. The largest absolute Gasteiger partial charge is 0.396 e. The van der Waals surface area contributed by atoms with Crippen LogP contribution in [0.15, 0.2) is 12.1 Å². The van der Waals surface area contributed by atoms with Gasteiger partial charge in [-0.1, -0.05) is 32.1 Å². The molecule has 5 nitrogen and oxygen atoms in total. The molecule has 5 N–H and O–H groups in total. The number of pyridine rings is 1. The minimum absolute atomic E-state index is 0.245. The van der Waals surface area contributed by atoms with Crippen LogP contribution in [0.25, 0.3) is 0 Å². The van der Waals surface area contributed by atoms with E-state index in [0.717, 1.165) is 18.9 Å². The summed E-state index contributed by atoms with van der Waals surface area (Å²) in [5.41, 5.74) is 11.8. The minimum Gasteiger partial charge on any atom is -0.396 e. The Bertz CT molecular complexity index is 441. The molecule has 104 valence electrons. The summed E-state index contributed by atoms with van der Waals surface area (Å²) in [5, 5.41) is 3.21. The highest BCUT2D eigenvalue weighted by Crippen LogP contribution is 2.26. The number of hydrogen-bond acceptors (Lipinski definition) is 4. The van der Waals surface area contributed by atoms with Crippen LogP contribution >= 0.6 is 0 Å². The molecule has 2 rings (SSSR count). The topological polar surface area (TPSA) is 94.0 Å². The minimum atomic E-state index is -0.532. The van der Waals surface area contributed by atoms with Crippen molar-refractivity contribution in [2.24, 2.45) is 11.7 Å². The van der Waals surface area contributed by atoms with E-state index in [2.05, 4.69) is 10.3 Å². The number of nitrogens with two attached hydrogens (primary N) is 2. The van der Waals surface area contributed by atoms with Crippen LogP contribution in [-0.4, -0.2) is 17.4 Å². The Morgan fingerprint density at radius 2 is 2.05 bits per heavy atom. The lowest BCUT2D eigenvalue weighted by atomic mass is 9.87. The molecule has 1 aliphatic rings. The highest BCUT2D eigenvalue weighted by atomic mass is 16.1. The van der Waals surface area contributed by atoms with Gasteiger partial charge in [-0.25, -0.2) is 4.98 Å². The number of nitrogen functional groups attached to an aromatic ring is 1. The zero-order chi connectivity index (χ0) is 13.7. The fraction of sp³-hybridized carbons (Fsp3) is 0.571. The summed E-state index contributed by atoms with van der Waals surface area (Å²) < 4.78 is 0. The van der Waals surface area contributed by atoms with Crippen molar-refractivity contribution in [2.45, 2.75) is 38.5 Å². The molecule has 1 heterocycles. The van der Waals surface area contributed by atoms with Crippen molar-refractivity contribution < 1.29 is 4.79 Å². The van der Waals surface area contributed by atoms with Crippen LogP contribution in [-0.2, 0) is 0 Å². The maximum Gasteiger partial charge on any atom is 0.267 e. The number of anilines is 2. The lowest BCUT2D eigenvalue weighted by molar-refractivity contribution is 0.0996. The van der Waals surface area contributed by atoms with Gasteiger partial charge in [0.2, 0.25) is 0 Å². The van der Waals surface area contributed by atoms with Crippen LogP contribution in [0.2, 0.25) is 0 Å². The number of amides is 1. The third kappa shape index (κ3) is 3.84. The highest BCUT2D eigenvalue weighted by molar-refractivity contribution is 5.91. The van der Waals surface area contributed by atoms with Gasteiger partial charge in [0, 0.05) is 6.54 Å². The number of nitrogens with one attached hydrogen (secondary N) is 1. The summed E-state index contributed by atoms with van der Waals surface area (Å²) in [5.74, 6) is 0.837. The number of nitrogens with zero attached hydrogens (tertiary/aromatic N) is 1. The molecule has 1 fully saturated rings. The molecule has 1 aromatic rings.